The summed E-state index contributed by atoms with van der Waals surface area (Å²) in [6, 6.07) is 53.3. The summed E-state index contributed by atoms with van der Waals surface area (Å²) in [5.74, 6) is 0.565. The Morgan fingerprint density at radius 1 is 0.217 bits per heavy atom. The molecule has 60 heavy (non-hydrogen) atoms. The second kappa shape index (κ2) is 16.2. The van der Waals surface area contributed by atoms with E-state index >= 15 is 0 Å². The molecule has 7 heterocycles. The van der Waals surface area contributed by atoms with E-state index in [4.69, 9.17) is 19.9 Å². The largest absolute Gasteiger partial charge is 0.264 e. The lowest BCUT2D eigenvalue weighted by Crippen LogP contribution is -2.00. The van der Waals surface area contributed by atoms with Crippen molar-refractivity contribution in [1.82, 2.24) is 39.9 Å². The minimum Gasteiger partial charge on any atom is -0.264 e. The molecule has 0 spiro atoms. The highest BCUT2D eigenvalue weighted by atomic mass is 14.9. The third-order valence-electron chi connectivity index (χ3n) is 10.3. The van der Waals surface area contributed by atoms with Gasteiger partial charge < -0.3 is 0 Å². The fraction of sp³-hybridized carbons (Fsp3) is 0. The molecule has 8 nitrogen and oxygen atoms in total. The van der Waals surface area contributed by atoms with Gasteiger partial charge in [-0.1, -0.05) is 91.0 Å². The Kier molecular flexibility index (Phi) is 9.75. The van der Waals surface area contributed by atoms with E-state index in [2.05, 4.69) is 105 Å². The summed E-state index contributed by atoms with van der Waals surface area (Å²) >= 11 is 0. The molecule has 0 aliphatic carbocycles. The maximum atomic E-state index is 5.23. The predicted molar refractivity (Wildman–Crippen MR) is 238 cm³/mol. The van der Waals surface area contributed by atoms with Crippen molar-refractivity contribution in [2.24, 2.45) is 0 Å². The summed E-state index contributed by atoms with van der Waals surface area (Å²) in [5.41, 5.74) is 15.3. The minimum atomic E-state index is 0.565. The van der Waals surface area contributed by atoms with Gasteiger partial charge in [0.1, 0.15) is 0 Å². The van der Waals surface area contributed by atoms with Crippen LogP contribution in [0, 0.1) is 0 Å². The number of nitrogens with zero attached hydrogens (tertiary/aromatic N) is 8. The molecule has 0 aliphatic heterocycles. The molecule has 7 aromatic heterocycles. The quantitative estimate of drug-likeness (QED) is 0.143. The van der Waals surface area contributed by atoms with Crippen LogP contribution in [0.2, 0.25) is 0 Å². The zero-order chi connectivity index (χ0) is 40.1. The van der Waals surface area contributed by atoms with Crippen LogP contribution in [-0.2, 0) is 0 Å². The fourth-order valence-electron chi connectivity index (χ4n) is 7.18. The Labute approximate surface area is 347 Å². The molecule has 0 radical (unpaired) electrons. The monoisotopic (exact) mass is 770 g/mol. The second-order valence-corrected chi connectivity index (χ2v) is 14.2. The third-order valence-corrected chi connectivity index (χ3v) is 10.3. The van der Waals surface area contributed by atoms with Crippen molar-refractivity contribution in [2.45, 2.75) is 0 Å². The first kappa shape index (κ1) is 36.0. The van der Waals surface area contributed by atoms with Gasteiger partial charge in [-0.2, -0.15) is 0 Å². The SMILES string of the molecule is c1ccc(-c2nc(-c3cc(-c4ccc(-c5cccnc5)cc4)cc(-c4cccnc4)n3)cc(-c3cc(-c4ccc(-c5cccnc5)cc4)cc(-c4cccnc4)n3)n2)cc1. The van der Waals surface area contributed by atoms with E-state index in [0.717, 1.165) is 72.6 Å². The smallest absolute Gasteiger partial charge is 0.160 e. The van der Waals surface area contributed by atoms with E-state index in [1.54, 1.807) is 24.8 Å². The van der Waals surface area contributed by atoms with Crippen LogP contribution in [0.3, 0.4) is 0 Å². The molecule has 0 amide bonds. The summed E-state index contributed by atoms with van der Waals surface area (Å²) < 4.78 is 0. The summed E-state index contributed by atoms with van der Waals surface area (Å²) in [7, 11) is 0. The van der Waals surface area contributed by atoms with Crippen LogP contribution in [0.4, 0.5) is 0 Å². The maximum absolute atomic E-state index is 5.23. The molecule has 0 fully saturated rings. The number of rotatable bonds is 9. The van der Waals surface area contributed by atoms with Gasteiger partial charge in [0.15, 0.2) is 5.82 Å². The highest BCUT2D eigenvalue weighted by Gasteiger charge is 2.17. The van der Waals surface area contributed by atoms with E-state index in [9.17, 15) is 0 Å². The van der Waals surface area contributed by atoms with Crippen molar-refractivity contribution in [3.05, 3.63) is 207 Å². The molecule has 10 rings (SSSR count). The standard InChI is InChI=1S/C52H34N8/c1-2-8-39(9-3-1)52-59-50(48-28-44(26-46(57-48)42-12-6-24-55-33-42)37-18-14-35(15-19-37)40-10-4-22-53-31-40)30-51(60-52)49-29-45(27-47(58-49)43-13-7-25-56-34-43)38-20-16-36(17-21-38)41-11-5-23-54-32-41/h1-34H. The summed E-state index contributed by atoms with van der Waals surface area (Å²) in [6.45, 7) is 0. The van der Waals surface area contributed by atoms with Gasteiger partial charge in [0.2, 0.25) is 0 Å². The molecule has 0 N–H and O–H groups in total. The average Bonchev–Trinajstić information content (AvgIpc) is 3.35. The Morgan fingerprint density at radius 2 is 0.550 bits per heavy atom. The lowest BCUT2D eigenvalue weighted by Gasteiger charge is -2.14. The van der Waals surface area contributed by atoms with Crippen LogP contribution in [0.15, 0.2) is 207 Å². The molecular weight excluding hydrogens is 737 g/mol. The molecule has 0 bridgehead atoms. The third kappa shape index (κ3) is 7.68. The van der Waals surface area contributed by atoms with Gasteiger partial charge in [0, 0.05) is 66.3 Å². The van der Waals surface area contributed by atoms with Crippen molar-refractivity contribution < 1.29 is 0 Å². The van der Waals surface area contributed by atoms with E-state index < -0.39 is 0 Å². The topological polar surface area (TPSA) is 103 Å². The van der Waals surface area contributed by atoms with Gasteiger partial charge in [0.05, 0.1) is 34.2 Å². The Morgan fingerprint density at radius 3 is 0.933 bits per heavy atom. The molecule has 10 aromatic rings. The van der Waals surface area contributed by atoms with Gasteiger partial charge in [-0.25, -0.2) is 19.9 Å². The maximum Gasteiger partial charge on any atom is 0.160 e. The molecule has 0 saturated carbocycles. The van der Waals surface area contributed by atoms with Gasteiger partial charge >= 0.3 is 0 Å². The van der Waals surface area contributed by atoms with Crippen molar-refractivity contribution in [3.63, 3.8) is 0 Å². The zero-order valence-electron chi connectivity index (χ0n) is 32.2. The first-order valence-corrected chi connectivity index (χ1v) is 19.5. The molecule has 282 valence electrons. The van der Waals surface area contributed by atoms with Crippen LogP contribution in [0.25, 0.3) is 101 Å². The van der Waals surface area contributed by atoms with Gasteiger partial charge in [0.25, 0.3) is 0 Å². The summed E-state index contributed by atoms with van der Waals surface area (Å²) in [6.07, 6.45) is 14.5. The van der Waals surface area contributed by atoms with E-state index in [1.807, 2.05) is 97.6 Å². The van der Waals surface area contributed by atoms with E-state index in [1.165, 1.54) is 0 Å². The van der Waals surface area contributed by atoms with Crippen molar-refractivity contribution in [3.8, 4) is 101 Å². The van der Waals surface area contributed by atoms with Crippen molar-refractivity contribution >= 4 is 0 Å². The fourth-order valence-corrected chi connectivity index (χ4v) is 7.18. The lowest BCUT2D eigenvalue weighted by molar-refractivity contribution is 1.15. The summed E-state index contributed by atoms with van der Waals surface area (Å²) in [4.78, 5) is 38.3. The highest BCUT2D eigenvalue weighted by molar-refractivity contribution is 5.81. The zero-order valence-corrected chi connectivity index (χ0v) is 32.2. The number of pyridine rings is 6. The van der Waals surface area contributed by atoms with Crippen LogP contribution in [0.1, 0.15) is 0 Å². The molecular formula is C52H34N8. The molecule has 0 unspecified atom stereocenters. The Hall–Kier alpha value is -8.36. The van der Waals surface area contributed by atoms with Crippen molar-refractivity contribution in [1.29, 1.82) is 0 Å². The van der Waals surface area contributed by atoms with Crippen LogP contribution in [0.5, 0.6) is 0 Å². The highest BCUT2D eigenvalue weighted by Crippen LogP contribution is 2.35. The first-order valence-electron chi connectivity index (χ1n) is 19.5. The first-order chi connectivity index (χ1) is 29.7. The molecule has 3 aromatic carbocycles. The van der Waals surface area contributed by atoms with Crippen LogP contribution < -0.4 is 0 Å². The summed E-state index contributed by atoms with van der Waals surface area (Å²) in [5, 5.41) is 0. The molecule has 8 heteroatoms. The van der Waals surface area contributed by atoms with Gasteiger partial charge in [-0.15, -0.1) is 0 Å². The van der Waals surface area contributed by atoms with Crippen LogP contribution >= 0.6 is 0 Å². The average molecular weight is 771 g/mol. The number of aromatic nitrogens is 8. The Balaban J connectivity index is 1.14. The molecule has 0 atom stereocenters. The lowest BCUT2D eigenvalue weighted by atomic mass is 9.98. The van der Waals surface area contributed by atoms with Crippen LogP contribution in [-0.4, -0.2) is 39.9 Å². The number of benzene rings is 3. The molecule has 0 saturated heterocycles. The van der Waals surface area contributed by atoms with Gasteiger partial charge in [-0.05, 0) is 111 Å². The van der Waals surface area contributed by atoms with Gasteiger partial charge in [-0.3, -0.25) is 19.9 Å². The normalized spacial score (nSPS) is 11.0. The predicted octanol–water partition coefficient (Wildman–Crippen LogP) is 11.8. The number of hydrogen-bond acceptors (Lipinski definition) is 8. The van der Waals surface area contributed by atoms with E-state index in [0.29, 0.717) is 28.6 Å². The Bertz CT molecular complexity index is 2850. The van der Waals surface area contributed by atoms with Crippen molar-refractivity contribution in [2.75, 3.05) is 0 Å². The minimum absolute atomic E-state index is 0.565. The molecule has 0 aliphatic rings. The van der Waals surface area contributed by atoms with E-state index in [-0.39, 0.29) is 0 Å². The second-order valence-electron chi connectivity index (χ2n) is 14.2. The number of hydrogen-bond donors (Lipinski definition) is 0.